The molecule has 1 N–H and O–H groups in total. The smallest absolute Gasteiger partial charge is 0.309 e. The van der Waals surface area contributed by atoms with Gasteiger partial charge in [-0.3, -0.25) is 9.59 Å². The van der Waals surface area contributed by atoms with Crippen LogP contribution in [-0.2, 0) is 14.3 Å². The lowest BCUT2D eigenvalue weighted by Gasteiger charge is -2.19. The van der Waals surface area contributed by atoms with Crippen LogP contribution in [0, 0.1) is 11.7 Å². The van der Waals surface area contributed by atoms with Crippen LogP contribution >= 0.6 is 11.6 Å². The van der Waals surface area contributed by atoms with E-state index < -0.39 is 18.3 Å². The standard InChI is InChI=1S/C15H17ClFNO3/c16-11-6-7-13(12(17)8-11)18-14(19)9-21-15(20)10-4-2-1-3-5-10/h6-8,10H,1-5,9H2,(H,18,19). The highest BCUT2D eigenvalue weighted by molar-refractivity contribution is 6.30. The summed E-state index contributed by atoms with van der Waals surface area (Å²) in [5.74, 6) is -1.66. The highest BCUT2D eigenvalue weighted by Crippen LogP contribution is 2.24. The van der Waals surface area contributed by atoms with E-state index in [1.54, 1.807) is 0 Å². The maximum Gasteiger partial charge on any atom is 0.309 e. The SMILES string of the molecule is O=C(COC(=O)C1CCCCC1)Nc1ccc(Cl)cc1F. The lowest BCUT2D eigenvalue weighted by Crippen LogP contribution is -2.26. The molecule has 1 aromatic rings. The van der Waals surface area contributed by atoms with E-state index in [1.165, 1.54) is 12.1 Å². The van der Waals surface area contributed by atoms with E-state index in [2.05, 4.69) is 5.32 Å². The fraction of sp³-hybridized carbons (Fsp3) is 0.467. The zero-order chi connectivity index (χ0) is 15.2. The molecule has 0 aromatic heterocycles. The molecule has 0 bridgehead atoms. The van der Waals surface area contributed by atoms with Gasteiger partial charge in [0.05, 0.1) is 11.6 Å². The summed E-state index contributed by atoms with van der Waals surface area (Å²) >= 11 is 5.62. The summed E-state index contributed by atoms with van der Waals surface area (Å²) in [4.78, 5) is 23.4. The molecule has 4 nitrogen and oxygen atoms in total. The largest absolute Gasteiger partial charge is 0.455 e. The number of esters is 1. The molecule has 114 valence electrons. The Balaban J connectivity index is 1.80. The Labute approximate surface area is 127 Å². The number of hydrogen-bond donors (Lipinski definition) is 1. The van der Waals surface area contributed by atoms with Crippen LogP contribution in [0.4, 0.5) is 10.1 Å². The molecule has 0 aliphatic heterocycles. The molecule has 1 amide bonds. The Kier molecular flexibility index (Phi) is 5.56. The van der Waals surface area contributed by atoms with E-state index in [0.29, 0.717) is 0 Å². The number of carbonyl (C=O) groups is 2. The number of ether oxygens (including phenoxy) is 1. The number of halogens is 2. The van der Waals surface area contributed by atoms with Gasteiger partial charge in [-0.25, -0.2) is 4.39 Å². The van der Waals surface area contributed by atoms with Crippen molar-refractivity contribution in [1.29, 1.82) is 0 Å². The first-order valence-electron chi connectivity index (χ1n) is 6.98. The van der Waals surface area contributed by atoms with Gasteiger partial charge < -0.3 is 10.1 Å². The Hall–Kier alpha value is -1.62. The molecule has 0 unspecified atom stereocenters. The van der Waals surface area contributed by atoms with Crippen LogP contribution in [0.3, 0.4) is 0 Å². The van der Waals surface area contributed by atoms with Crippen LogP contribution in [0.1, 0.15) is 32.1 Å². The summed E-state index contributed by atoms with van der Waals surface area (Å²) in [5, 5.41) is 2.59. The summed E-state index contributed by atoms with van der Waals surface area (Å²) in [6.45, 7) is -0.405. The maximum atomic E-state index is 13.5. The lowest BCUT2D eigenvalue weighted by atomic mass is 9.89. The van der Waals surface area contributed by atoms with E-state index in [0.717, 1.165) is 38.2 Å². The van der Waals surface area contributed by atoms with Gasteiger partial charge in [-0.15, -0.1) is 0 Å². The van der Waals surface area contributed by atoms with Crippen molar-refractivity contribution in [1.82, 2.24) is 0 Å². The second-order valence-corrected chi connectivity index (χ2v) is 5.55. The second-order valence-electron chi connectivity index (χ2n) is 5.11. The molecule has 0 radical (unpaired) electrons. The molecular formula is C15H17ClFNO3. The molecule has 6 heteroatoms. The molecule has 0 atom stereocenters. The molecule has 1 saturated carbocycles. The average Bonchev–Trinajstić information content (AvgIpc) is 2.48. The molecule has 0 saturated heterocycles. The number of hydrogen-bond acceptors (Lipinski definition) is 3. The van der Waals surface area contributed by atoms with Crippen LogP contribution in [0.15, 0.2) is 18.2 Å². The normalized spacial score (nSPS) is 15.5. The van der Waals surface area contributed by atoms with Crippen LogP contribution in [0.2, 0.25) is 5.02 Å². The van der Waals surface area contributed by atoms with Crippen LogP contribution < -0.4 is 5.32 Å². The fourth-order valence-corrected chi connectivity index (χ4v) is 2.53. The van der Waals surface area contributed by atoms with Crippen molar-refractivity contribution in [2.75, 3.05) is 11.9 Å². The molecular weight excluding hydrogens is 297 g/mol. The first kappa shape index (κ1) is 15.8. The third-order valence-corrected chi connectivity index (χ3v) is 3.72. The molecule has 1 aromatic carbocycles. The van der Waals surface area contributed by atoms with Gasteiger partial charge in [0.1, 0.15) is 5.82 Å². The van der Waals surface area contributed by atoms with Gasteiger partial charge >= 0.3 is 5.97 Å². The molecule has 0 heterocycles. The Morgan fingerprint density at radius 2 is 2.00 bits per heavy atom. The van der Waals surface area contributed by atoms with Crippen molar-refractivity contribution in [3.8, 4) is 0 Å². The van der Waals surface area contributed by atoms with Crippen molar-refractivity contribution in [3.05, 3.63) is 29.0 Å². The lowest BCUT2D eigenvalue weighted by molar-refractivity contribution is -0.152. The number of carbonyl (C=O) groups excluding carboxylic acids is 2. The van der Waals surface area contributed by atoms with Gasteiger partial charge in [0.15, 0.2) is 6.61 Å². The molecule has 1 aliphatic carbocycles. The Morgan fingerprint density at radius 3 is 2.67 bits per heavy atom. The van der Waals surface area contributed by atoms with Crippen LogP contribution in [0.5, 0.6) is 0 Å². The topological polar surface area (TPSA) is 55.4 Å². The van der Waals surface area contributed by atoms with Gasteiger partial charge in [0, 0.05) is 5.02 Å². The van der Waals surface area contributed by atoms with Gasteiger partial charge in [-0.05, 0) is 31.0 Å². The fourth-order valence-electron chi connectivity index (χ4n) is 2.37. The number of nitrogens with one attached hydrogen (secondary N) is 1. The van der Waals surface area contributed by atoms with E-state index in [1.807, 2.05) is 0 Å². The van der Waals surface area contributed by atoms with Gasteiger partial charge in [0.25, 0.3) is 5.91 Å². The minimum atomic E-state index is -0.630. The highest BCUT2D eigenvalue weighted by Gasteiger charge is 2.23. The first-order valence-corrected chi connectivity index (χ1v) is 7.35. The minimum Gasteiger partial charge on any atom is -0.455 e. The van der Waals surface area contributed by atoms with Gasteiger partial charge in [-0.1, -0.05) is 30.9 Å². The zero-order valence-corrected chi connectivity index (χ0v) is 12.3. The summed E-state index contributed by atoms with van der Waals surface area (Å²) < 4.78 is 18.5. The molecule has 1 fully saturated rings. The average molecular weight is 314 g/mol. The van der Waals surface area contributed by atoms with Crippen molar-refractivity contribution < 1.29 is 18.7 Å². The summed E-state index contributed by atoms with van der Waals surface area (Å²) in [5.41, 5.74) is 0.0121. The molecule has 1 aliphatic rings. The predicted octanol–water partition coefficient (Wildman–Crippen LogP) is 3.54. The molecule has 21 heavy (non-hydrogen) atoms. The third kappa shape index (κ3) is 4.70. The minimum absolute atomic E-state index is 0.0121. The highest BCUT2D eigenvalue weighted by atomic mass is 35.5. The second kappa shape index (κ2) is 7.41. The van der Waals surface area contributed by atoms with Crippen molar-refractivity contribution in [2.45, 2.75) is 32.1 Å². The van der Waals surface area contributed by atoms with Gasteiger partial charge in [0.2, 0.25) is 0 Å². The zero-order valence-electron chi connectivity index (χ0n) is 11.5. The van der Waals surface area contributed by atoms with Crippen LogP contribution in [0.25, 0.3) is 0 Å². The maximum absolute atomic E-state index is 13.5. The first-order chi connectivity index (χ1) is 10.1. The number of benzene rings is 1. The van der Waals surface area contributed by atoms with Crippen molar-refractivity contribution in [3.63, 3.8) is 0 Å². The Bertz CT molecular complexity index is 530. The number of anilines is 1. The molecule has 2 rings (SSSR count). The number of amides is 1. The van der Waals surface area contributed by atoms with E-state index in [9.17, 15) is 14.0 Å². The molecule has 0 spiro atoms. The van der Waals surface area contributed by atoms with Crippen molar-refractivity contribution in [2.24, 2.45) is 5.92 Å². The van der Waals surface area contributed by atoms with Crippen LogP contribution in [-0.4, -0.2) is 18.5 Å². The van der Waals surface area contributed by atoms with E-state index in [-0.39, 0.29) is 22.6 Å². The van der Waals surface area contributed by atoms with E-state index >= 15 is 0 Å². The third-order valence-electron chi connectivity index (χ3n) is 3.49. The van der Waals surface area contributed by atoms with E-state index in [4.69, 9.17) is 16.3 Å². The Morgan fingerprint density at radius 1 is 1.29 bits per heavy atom. The summed E-state index contributed by atoms with van der Waals surface area (Å²) in [7, 11) is 0. The van der Waals surface area contributed by atoms with Crippen molar-refractivity contribution >= 4 is 29.2 Å². The summed E-state index contributed by atoms with van der Waals surface area (Å²) in [6.07, 6.45) is 4.79. The monoisotopic (exact) mass is 313 g/mol. The van der Waals surface area contributed by atoms with Gasteiger partial charge in [-0.2, -0.15) is 0 Å². The quantitative estimate of drug-likeness (QED) is 0.865. The number of rotatable bonds is 4. The predicted molar refractivity (Wildman–Crippen MR) is 77.6 cm³/mol. The summed E-state index contributed by atoms with van der Waals surface area (Å²) in [6, 6.07) is 3.93.